The van der Waals surface area contributed by atoms with Crippen molar-refractivity contribution in [2.75, 3.05) is 32.7 Å². The molecule has 2 aromatic carbocycles. The van der Waals surface area contributed by atoms with Gasteiger partial charge in [0.25, 0.3) is 11.8 Å². The number of aromatic nitrogens is 2. The highest BCUT2D eigenvalue weighted by Gasteiger charge is 2.43. The van der Waals surface area contributed by atoms with Crippen LogP contribution in [-0.4, -0.2) is 70.2 Å². The maximum absolute atomic E-state index is 13.8. The van der Waals surface area contributed by atoms with Crippen molar-refractivity contribution in [3.05, 3.63) is 83.4 Å². The highest BCUT2D eigenvalue weighted by molar-refractivity contribution is 6.04. The number of benzene rings is 2. The fourth-order valence-electron chi connectivity index (χ4n) is 6.19. The Bertz CT molecular complexity index is 1440. The lowest BCUT2D eigenvalue weighted by Gasteiger charge is -2.41. The molecule has 6 rings (SSSR count). The number of likely N-dealkylation sites (tertiary alicyclic amines) is 2. The van der Waals surface area contributed by atoms with E-state index in [-0.39, 0.29) is 29.1 Å². The van der Waals surface area contributed by atoms with Gasteiger partial charge in [0.15, 0.2) is 11.4 Å². The number of nitrogens with zero attached hydrogens (tertiary/aromatic N) is 4. The van der Waals surface area contributed by atoms with Gasteiger partial charge in [0.1, 0.15) is 11.5 Å². The second-order valence-corrected chi connectivity index (χ2v) is 11.3. The lowest BCUT2D eigenvalue weighted by atomic mass is 9.72. The van der Waals surface area contributed by atoms with Gasteiger partial charge in [0.05, 0.1) is 5.41 Å². The van der Waals surface area contributed by atoms with Gasteiger partial charge in [-0.15, -0.1) is 0 Å². The minimum atomic E-state index is -0.670. The van der Waals surface area contributed by atoms with E-state index < -0.39 is 5.41 Å². The number of rotatable bonds is 2. The molecule has 1 N–H and O–H groups in total. The molecule has 3 aliphatic heterocycles. The zero-order valence-electron chi connectivity index (χ0n) is 23.2. The van der Waals surface area contributed by atoms with Crippen LogP contribution in [0.15, 0.2) is 60.9 Å². The Kier molecular flexibility index (Phi) is 7.67. The van der Waals surface area contributed by atoms with Crippen molar-refractivity contribution in [2.24, 2.45) is 5.41 Å². The molecule has 212 valence electrons. The van der Waals surface area contributed by atoms with E-state index >= 15 is 0 Å². The van der Waals surface area contributed by atoms with Gasteiger partial charge in [-0.1, -0.05) is 24.3 Å². The summed E-state index contributed by atoms with van der Waals surface area (Å²) >= 11 is 0. The van der Waals surface area contributed by atoms with E-state index in [0.717, 1.165) is 41.9 Å². The molecular formula is C32H35N5O4. The average Bonchev–Trinajstić information content (AvgIpc) is 3.01. The Balaban J connectivity index is 1.21. The summed E-state index contributed by atoms with van der Waals surface area (Å²) in [6.07, 6.45) is 8.16. The van der Waals surface area contributed by atoms with Crippen LogP contribution in [0.25, 0.3) is 0 Å². The van der Waals surface area contributed by atoms with Gasteiger partial charge in [-0.05, 0) is 80.3 Å². The largest absolute Gasteiger partial charge is 0.457 e. The number of carbonyl (C=O) groups excluding carboxylic acids is 3. The molecule has 3 aromatic rings. The summed E-state index contributed by atoms with van der Waals surface area (Å²) in [5.74, 6) is 0.959. The van der Waals surface area contributed by atoms with Crippen molar-refractivity contribution < 1.29 is 19.1 Å². The predicted molar refractivity (Wildman–Crippen MR) is 153 cm³/mol. The number of amides is 3. The molecule has 0 saturated carbocycles. The first-order valence-corrected chi connectivity index (χ1v) is 14.5. The second-order valence-electron chi connectivity index (χ2n) is 11.3. The van der Waals surface area contributed by atoms with Crippen LogP contribution >= 0.6 is 0 Å². The Hall–Kier alpha value is -4.27. The predicted octanol–water partition coefficient (Wildman–Crippen LogP) is 4.03. The summed E-state index contributed by atoms with van der Waals surface area (Å²) in [4.78, 5) is 52.7. The normalized spacial score (nSPS) is 18.8. The quantitative estimate of drug-likeness (QED) is 0.514. The van der Waals surface area contributed by atoms with Crippen LogP contribution in [-0.2, 0) is 17.6 Å². The van der Waals surface area contributed by atoms with E-state index in [1.54, 1.807) is 9.80 Å². The van der Waals surface area contributed by atoms with Gasteiger partial charge < -0.3 is 19.9 Å². The first kappa shape index (κ1) is 26.9. The molecule has 0 aliphatic carbocycles. The van der Waals surface area contributed by atoms with Crippen molar-refractivity contribution in [2.45, 2.75) is 44.9 Å². The van der Waals surface area contributed by atoms with E-state index in [1.807, 2.05) is 48.5 Å². The van der Waals surface area contributed by atoms with E-state index in [9.17, 15) is 14.4 Å². The van der Waals surface area contributed by atoms with E-state index in [2.05, 4.69) is 15.3 Å². The molecule has 4 bridgehead atoms. The van der Waals surface area contributed by atoms with Gasteiger partial charge >= 0.3 is 0 Å². The third-order valence-corrected chi connectivity index (χ3v) is 8.51. The maximum atomic E-state index is 13.8. The van der Waals surface area contributed by atoms with Crippen molar-refractivity contribution in [3.8, 4) is 11.5 Å². The van der Waals surface area contributed by atoms with Gasteiger partial charge in [0.2, 0.25) is 5.91 Å². The second kappa shape index (κ2) is 11.7. The summed E-state index contributed by atoms with van der Waals surface area (Å²) in [7, 11) is 0. The highest BCUT2D eigenvalue weighted by Crippen LogP contribution is 2.37. The first-order valence-electron chi connectivity index (χ1n) is 14.5. The molecule has 0 atom stereocenters. The molecule has 9 heteroatoms. The maximum Gasteiger partial charge on any atom is 0.274 e. The SMILES string of the molecule is O=C(c1nccnc1C(=O)N1CCC2(CC1)Cc1cccc(c1)Oc1cccc(c1)CCNC2=O)N1CCCCC1. The number of hydrogen-bond acceptors (Lipinski definition) is 6. The molecule has 3 amide bonds. The summed E-state index contributed by atoms with van der Waals surface area (Å²) in [6, 6.07) is 15.8. The van der Waals surface area contributed by atoms with Crippen LogP contribution < -0.4 is 10.1 Å². The topological polar surface area (TPSA) is 105 Å². The Morgan fingerprint density at radius 3 is 2.02 bits per heavy atom. The molecular weight excluding hydrogens is 518 g/mol. The van der Waals surface area contributed by atoms with Crippen LogP contribution in [0.1, 0.15) is 64.2 Å². The smallest absolute Gasteiger partial charge is 0.274 e. The van der Waals surface area contributed by atoms with Gasteiger partial charge in [0, 0.05) is 45.1 Å². The van der Waals surface area contributed by atoms with Crippen molar-refractivity contribution in [3.63, 3.8) is 0 Å². The number of fused-ring (bicyclic) bond motifs is 4. The molecule has 2 saturated heterocycles. The Labute approximate surface area is 239 Å². The number of nitrogens with one attached hydrogen (secondary N) is 1. The standard InChI is InChI=1S/C32H35N5O4/c38-29(36-16-2-1-3-17-36)27-28(34-15-14-33-27)30(39)37-18-11-32(12-19-37)22-24-7-5-9-26(21-24)41-25-8-4-6-23(20-25)10-13-35-31(32)40/h4-9,14-15,20-21H,1-3,10-13,16-19,22H2,(H,35,40). The van der Waals surface area contributed by atoms with E-state index in [4.69, 9.17) is 4.74 Å². The van der Waals surface area contributed by atoms with Crippen molar-refractivity contribution in [1.82, 2.24) is 25.1 Å². The van der Waals surface area contributed by atoms with E-state index in [1.165, 1.54) is 12.4 Å². The number of ether oxygens (including phenoxy) is 1. The number of carbonyl (C=O) groups is 3. The minimum Gasteiger partial charge on any atom is -0.457 e. The van der Waals surface area contributed by atoms with Crippen molar-refractivity contribution in [1.29, 1.82) is 0 Å². The molecule has 9 nitrogen and oxygen atoms in total. The van der Waals surface area contributed by atoms with Crippen LogP contribution in [0.4, 0.5) is 0 Å². The molecule has 0 unspecified atom stereocenters. The van der Waals surface area contributed by atoms with Gasteiger partial charge in [-0.25, -0.2) is 9.97 Å². The fraction of sp³-hybridized carbons (Fsp3) is 0.406. The first-order chi connectivity index (χ1) is 20.0. The Morgan fingerprint density at radius 1 is 0.780 bits per heavy atom. The summed E-state index contributed by atoms with van der Waals surface area (Å²) in [5.41, 5.74) is 1.63. The molecule has 0 radical (unpaired) electrons. The minimum absolute atomic E-state index is 0.00629. The lowest BCUT2D eigenvalue weighted by molar-refractivity contribution is -0.133. The fourth-order valence-corrected chi connectivity index (χ4v) is 6.19. The third kappa shape index (κ3) is 5.80. The van der Waals surface area contributed by atoms with Gasteiger partial charge in [-0.2, -0.15) is 0 Å². The van der Waals surface area contributed by atoms with Crippen LogP contribution in [0.3, 0.4) is 0 Å². The van der Waals surface area contributed by atoms with Crippen LogP contribution in [0.2, 0.25) is 0 Å². The van der Waals surface area contributed by atoms with Gasteiger partial charge in [-0.3, -0.25) is 14.4 Å². The molecule has 3 aliphatic rings. The Morgan fingerprint density at radius 2 is 1.37 bits per heavy atom. The molecule has 4 heterocycles. The number of piperidine rings is 2. The lowest BCUT2D eigenvalue weighted by Crippen LogP contribution is -2.52. The number of hydrogen-bond donors (Lipinski definition) is 1. The van der Waals surface area contributed by atoms with Crippen LogP contribution in [0, 0.1) is 5.41 Å². The molecule has 1 aromatic heterocycles. The third-order valence-electron chi connectivity index (χ3n) is 8.51. The molecule has 1 spiro atoms. The van der Waals surface area contributed by atoms with Crippen LogP contribution in [0.5, 0.6) is 11.5 Å². The molecule has 2 fully saturated rings. The summed E-state index contributed by atoms with van der Waals surface area (Å²) in [6.45, 7) is 2.63. The monoisotopic (exact) mass is 553 g/mol. The summed E-state index contributed by atoms with van der Waals surface area (Å²) in [5, 5.41) is 3.18. The zero-order chi connectivity index (χ0) is 28.2. The summed E-state index contributed by atoms with van der Waals surface area (Å²) < 4.78 is 6.15. The average molecular weight is 554 g/mol. The highest BCUT2D eigenvalue weighted by atomic mass is 16.5. The molecule has 41 heavy (non-hydrogen) atoms. The van der Waals surface area contributed by atoms with E-state index in [0.29, 0.717) is 58.4 Å². The van der Waals surface area contributed by atoms with Crippen molar-refractivity contribution >= 4 is 17.7 Å². The zero-order valence-corrected chi connectivity index (χ0v) is 23.2.